The normalized spacial score (nSPS) is 15.7. The van der Waals surface area contributed by atoms with E-state index in [-0.39, 0.29) is 11.8 Å². The van der Waals surface area contributed by atoms with Crippen molar-refractivity contribution in [3.05, 3.63) is 89.4 Å². The van der Waals surface area contributed by atoms with Crippen molar-refractivity contribution in [1.29, 1.82) is 0 Å². The molecule has 1 aliphatic heterocycles. The third-order valence-electron chi connectivity index (χ3n) is 6.36. The number of aromatic nitrogens is 5. The number of hydrogen-bond donors (Lipinski definition) is 1. The number of nitrogens with one attached hydrogen (secondary N) is 1. The van der Waals surface area contributed by atoms with E-state index in [4.69, 9.17) is 9.72 Å². The predicted octanol–water partition coefficient (Wildman–Crippen LogP) is 4.19. The van der Waals surface area contributed by atoms with Crippen molar-refractivity contribution in [3.63, 3.8) is 0 Å². The van der Waals surface area contributed by atoms with Gasteiger partial charge in [-0.15, -0.1) is 0 Å². The number of carbonyl (C=O) groups excluding carboxylic acids is 1. The molecule has 8 nitrogen and oxygen atoms in total. The Morgan fingerprint density at radius 3 is 2.77 bits per heavy atom. The molecule has 35 heavy (non-hydrogen) atoms. The van der Waals surface area contributed by atoms with Gasteiger partial charge in [-0.2, -0.15) is 0 Å². The Balaban J connectivity index is 1.27. The fourth-order valence-corrected chi connectivity index (χ4v) is 4.52. The molecule has 0 radical (unpaired) electrons. The van der Waals surface area contributed by atoms with Gasteiger partial charge in [0.15, 0.2) is 5.82 Å². The topological polar surface area (TPSA) is 96.9 Å². The SMILES string of the molecule is COc1ccccc1Cc1ccc(C(=O)N2CCCC(c3cncc(-c4ncc(C)[nH]4)n3)C2)cn1. The van der Waals surface area contributed by atoms with E-state index in [0.717, 1.165) is 47.8 Å². The van der Waals surface area contributed by atoms with E-state index in [2.05, 4.69) is 19.9 Å². The number of carbonyl (C=O) groups is 1. The summed E-state index contributed by atoms with van der Waals surface area (Å²) in [5, 5.41) is 0. The molecule has 1 unspecified atom stereocenters. The summed E-state index contributed by atoms with van der Waals surface area (Å²) in [6.45, 7) is 3.29. The minimum atomic E-state index is -0.00295. The lowest BCUT2D eigenvalue weighted by Crippen LogP contribution is -2.39. The van der Waals surface area contributed by atoms with E-state index >= 15 is 0 Å². The van der Waals surface area contributed by atoms with Crippen molar-refractivity contribution in [2.45, 2.75) is 32.1 Å². The molecule has 1 aliphatic rings. The van der Waals surface area contributed by atoms with Gasteiger partial charge in [-0.25, -0.2) is 9.97 Å². The average molecular weight is 469 g/mol. The summed E-state index contributed by atoms with van der Waals surface area (Å²) < 4.78 is 5.44. The lowest BCUT2D eigenvalue weighted by atomic mass is 9.94. The second-order valence-corrected chi connectivity index (χ2v) is 8.86. The van der Waals surface area contributed by atoms with Gasteiger partial charge in [0.05, 0.1) is 24.6 Å². The van der Waals surface area contributed by atoms with Gasteiger partial charge < -0.3 is 14.6 Å². The maximum absolute atomic E-state index is 13.3. The number of methoxy groups -OCH3 is 1. The fourth-order valence-electron chi connectivity index (χ4n) is 4.52. The largest absolute Gasteiger partial charge is 0.496 e. The molecule has 1 fully saturated rings. The van der Waals surface area contributed by atoms with Crippen LogP contribution in [0.1, 0.15) is 51.8 Å². The summed E-state index contributed by atoms with van der Waals surface area (Å²) in [4.78, 5) is 36.5. The van der Waals surface area contributed by atoms with Crippen molar-refractivity contribution >= 4 is 5.91 Å². The summed E-state index contributed by atoms with van der Waals surface area (Å²) >= 11 is 0. The number of ether oxygens (including phenoxy) is 1. The van der Waals surface area contributed by atoms with E-state index in [9.17, 15) is 4.79 Å². The number of H-pyrrole nitrogens is 1. The average Bonchev–Trinajstić information content (AvgIpc) is 3.35. The molecule has 4 aromatic rings. The Labute approximate surface area is 204 Å². The third kappa shape index (κ3) is 5.06. The molecule has 5 rings (SSSR count). The van der Waals surface area contributed by atoms with E-state index in [1.54, 1.807) is 31.9 Å². The number of imidazole rings is 1. The minimum absolute atomic E-state index is 0.00295. The number of para-hydroxylation sites is 1. The van der Waals surface area contributed by atoms with Crippen LogP contribution >= 0.6 is 0 Å². The predicted molar refractivity (Wildman–Crippen MR) is 132 cm³/mol. The smallest absolute Gasteiger partial charge is 0.255 e. The van der Waals surface area contributed by atoms with Crippen LogP contribution in [0.15, 0.2) is 61.2 Å². The number of aryl methyl sites for hydroxylation is 1. The van der Waals surface area contributed by atoms with Crippen molar-refractivity contribution in [2.24, 2.45) is 0 Å². The number of likely N-dealkylation sites (tertiary alicyclic amines) is 1. The number of rotatable bonds is 6. The van der Waals surface area contributed by atoms with E-state index in [1.807, 2.05) is 48.2 Å². The number of amides is 1. The number of aromatic amines is 1. The molecular weight excluding hydrogens is 440 g/mol. The highest BCUT2D eigenvalue weighted by molar-refractivity contribution is 5.94. The van der Waals surface area contributed by atoms with Crippen LogP contribution in [0.25, 0.3) is 11.5 Å². The lowest BCUT2D eigenvalue weighted by molar-refractivity contribution is 0.0705. The molecule has 0 saturated carbocycles. The summed E-state index contributed by atoms with van der Waals surface area (Å²) in [5.74, 6) is 1.67. The first kappa shape index (κ1) is 22.7. The van der Waals surface area contributed by atoms with Crippen LogP contribution in [-0.4, -0.2) is 55.9 Å². The maximum Gasteiger partial charge on any atom is 0.255 e. The second-order valence-electron chi connectivity index (χ2n) is 8.86. The Morgan fingerprint density at radius 1 is 1.11 bits per heavy atom. The van der Waals surface area contributed by atoms with Gasteiger partial charge >= 0.3 is 0 Å². The summed E-state index contributed by atoms with van der Waals surface area (Å²) in [6.07, 6.45) is 9.50. The molecule has 3 aromatic heterocycles. The fraction of sp³-hybridized carbons (Fsp3) is 0.296. The highest BCUT2D eigenvalue weighted by Crippen LogP contribution is 2.27. The molecule has 0 spiro atoms. The van der Waals surface area contributed by atoms with Crippen LogP contribution in [0.3, 0.4) is 0 Å². The Morgan fingerprint density at radius 2 is 2.00 bits per heavy atom. The maximum atomic E-state index is 13.3. The van der Waals surface area contributed by atoms with Gasteiger partial charge in [-0.1, -0.05) is 18.2 Å². The Bertz CT molecular complexity index is 1320. The lowest BCUT2D eigenvalue weighted by Gasteiger charge is -2.32. The molecule has 0 bridgehead atoms. The van der Waals surface area contributed by atoms with Gasteiger partial charge in [0.1, 0.15) is 11.4 Å². The molecular formula is C27H28N6O2. The van der Waals surface area contributed by atoms with E-state index < -0.39 is 0 Å². The molecule has 8 heteroatoms. The zero-order valence-electron chi connectivity index (χ0n) is 19.9. The molecule has 1 amide bonds. The molecule has 1 atom stereocenters. The highest BCUT2D eigenvalue weighted by Gasteiger charge is 2.27. The number of nitrogens with zero attached hydrogens (tertiary/aromatic N) is 5. The summed E-state index contributed by atoms with van der Waals surface area (Å²) in [5.41, 5.74) is 5.13. The minimum Gasteiger partial charge on any atom is -0.496 e. The molecule has 178 valence electrons. The number of piperidine rings is 1. The highest BCUT2D eigenvalue weighted by atomic mass is 16.5. The molecule has 0 aliphatic carbocycles. The Kier molecular flexibility index (Phi) is 6.52. The quantitative estimate of drug-likeness (QED) is 0.456. The van der Waals surface area contributed by atoms with Crippen molar-refractivity contribution in [1.82, 2.24) is 29.8 Å². The van der Waals surface area contributed by atoms with E-state index in [1.165, 1.54) is 0 Å². The summed E-state index contributed by atoms with van der Waals surface area (Å²) in [7, 11) is 1.67. The molecule has 4 heterocycles. The second kappa shape index (κ2) is 10.0. The standard InChI is InChI=1S/C27H28N6O2/c1-18-13-30-26(31-18)24-16-28-15-23(32-24)21-7-5-11-33(17-21)27(34)20-9-10-22(29-14-20)12-19-6-3-4-8-25(19)35-2/h3-4,6,8-10,13-16,21H,5,7,11-12,17H2,1-2H3,(H,30,31). The van der Waals surface area contributed by atoms with Gasteiger partial charge in [-0.05, 0) is 38.0 Å². The van der Waals surface area contributed by atoms with Crippen molar-refractivity contribution < 1.29 is 9.53 Å². The third-order valence-corrected chi connectivity index (χ3v) is 6.36. The molecule has 1 aromatic carbocycles. The number of benzene rings is 1. The number of hydrogen-bond acceptors (Lipinski definition) is 6. The first-order chi connectivity index (χ1) is 17.1. The Hall–Kier alpha value is -4.07. The summed E-state index contributed by atoms with van der Waals surface area (Å²) in [6, 6.07) is 11.7. The van der Waals surface area contributed by atoms with Crippen molar-refractivity contribution in [2.75, 3.05) is 20.2 Å². The van der Waals surface area contributed by atoms with Gasteiger partial charge in [-0.3, -0.25) is 14.8 Å². The van der Waals surface area contributed by atoms with Crippen LogP contribution < -0.4 is 4.74 Å². The number of pyridine rings is 1. The van der Waals surface area contributed by atoms with Crippen LogP contribution in [0.2, 0.25) is 0 Å². The van der Waals surface area contributed by atoms with Crippen LogP contribution in [0.4, 0.5) is 0 Å². The molecule has 1 saturated heterocycles. The first-order valence-corrected chi connectivity index (χ1v) is 11.8. The van der Waals surface area contributed by atoms with Gasteiger partial charge in [0, 0.05) is 61.0 Å². The van der Waals surface area contributed by atoms with Crippen molar-refractivity contribution in [3.8, 4) is 17.3 Å². The van der Waals surface area contributed by atoms with Crippen LogP contribution in [-0.2, 0) is 6.42 Å². The van der Waals surface area contributed by atoms with E-state index in [0.29, 0.717) is 30.0 Å². The van der Waals surface area contributed by atoms with Gasteiger partial charge in [0.2, 0.25) is 0 Å². The zero-order valence-corrected chi connectivity index (χ0v) is 19.9. The monoisotopic (exact) mass is 468 g/mol. The zero-order chi connectivity index (χ0) is 24.2. The molecule has 1 N–H and O–H groups in total. The van der Waals surface area contributed by atoms with Crippen LogP contribution in [0, 0.1) is 6.92 Å². The van der Waals surface area contributed by atoms with Crippen LogP contribution in [0.5, 0.6) is 5.75 Å². The van der Waals surface area contributed by atoms with Gasteiger partial charge in [0.25, 0.3) is 5.91 Å². The first-order valence-electron chi connectivity index (χ1n) is 11.8.